The quantitative estimate of drug-likeness (QED) is 0.114. The molecule has 0 saturated heterocycles. The number of carbonyl (C=O) groups excluding carboxylic acids is 2. The summed E-state index contributed by atoms with van der Waals surface area (Å²) in [4.78, 5) is 25.0. The zero-order valence-corrected chi connectivity index (χ0v) is 25.6. The summed E-state index contributed by atoms with van der Waals surface area (Å²) >= 11 is 0. The number of methoxy groups -OCH3 is 1. The summed E-state index contributed by atoms with van der Waals surface area (Å²) in [6, 6.07) is 31.8. The Balaban J connectivity index is 1.32. The minimum absolute atomic E-state index is 0.00525. The van der Waals surface area contributed by atoms with E-state index in [1.807, 2.05) is 66.7 Å². The molecule has 0 unspecified atom stereocenters. The van der Waals surface area contributed by atoms with Crippen LogP contribution in [0.5, 0.6) is 11.5 Å². The number of rotatable bonds is 10. The summed E-state index contributed by atoms with van der Waals surface area (Å²) in [7, 11) is 1.51. The third-order valence-electron chi connectivity index (χ3n) is 7.65. The monoisotopic (exact) mass is 650 g/mol. The van der Waals surface area contributed by atoms with Crippen molar-refractivity contribution in [3.63, 3.8) is 0 Å². The van der Waals surface area contributed by atoms with Gasteiger partial charge in [-0.05, 0) is 69.6 Å². The van der Waals surface area contributed by atoms with E-state index < -0.39 is 17.8 Å². The number of alkyl halides is 3. The Bertz CT molecular complexity index is 2130. The Kier molecular flexibility index (Phi) is 9.26. The van der Waals surface area contributed by atoms with Crippen molar-refractivity contribution in [1.29, 1.82) is 0 Å². The lowest BCUT2D eigenvalue weighted by Crippen LogP contribution is -2.20. The second kappa shape index (κ2) is 13.9. The van der Waals surface area contributed by atoms with E-state index in [-0.39, 0.29) is 19.1 Å². The van der Waals surface area contributed by atoms with Crippen LogP contribution in [0.1, 0.15) is 21.5 Å². The van der Waals surface area contributed by atoms with E-state index in [1.165, 1.54) is 19.2 Å². The molecular weight excluding hydrogens is 621 g/mol. The molecule has 48 heavy (non-hydrogen) atoms. The Morgan fingerprint density at radius 1 is 0.729 bits per heavy atom. The third kappa shape index (κ3) is 6.93. The Morgan fingerprint density at radius 3 is 2.10 bits per heavy atom. The molecule has 0 saturated carbocycles. The van der Waals surface area contributed by atoms with E-state index in [4.69, 9.17) is 14.2 Å². The smallest absolute Gasteiger partial charge is 0.416 e. The molecule has 7 nitrogen and oxygen atoms in total. The van der Waals surface area contributed by atoms with Crippen LogP contribution in [0.25, 0.3) is 32.7 Å². The molecule has 2 amide bonds. The number of amides is 2. The van der Waals surface area contributed by atoms with E-state index in [0.29, 0.717) is 33.9 Å². The summed E-state index contributed by atoms with van der Waals surface area (Å²) in [5.74, 6) is 0.898. The molecule has 0 spiro atoms. The summed E-state index contributed by atoms with van der Waals surface area (Å²) in [5, 5.41) is 8.64. The summed E-state index contributed by atoms with van der Waals surface area (Å²) in [6.45, 7) is 0.0317. The molecule has 0 bridgehead atoms. The number of aldehydes is 1. The fraction of sp³-hybridized carbons (Fsp3) is 0.105. The van der Waals surface area contributed by atoms with E-state index in [1.54, 1.807) is 24.3 Å². The first kappa shape index (κ1) is 32.1. The van der Waals surface area contributed by atoms with Crippen LogP contribution in [0.15, 0.2) is 115 Å². The van der Waals surface area contributed by atoms with Gasteiger partial charge in [-0.15, -0.1) is 0 Å². The van der Waals surface area contributed by atoms with Crippen molar-refractivity contribution in [2.45, 2.75) is 12.8 Å². The maximum Gasteiger partial charge on any atom is 0.416 e. The van der Waals surface area contributed by atoms with Gasteiger partial charge < -0.3 is 24.8 Å². The first-order valence-electron chi connectivity index (χ1n) is 14.9. The van der Waals surface area contributed by atoms with Crippen molar-refractivity contribution in [3.05, 3.63) is 132 Å². The largest absolute Gasteiger partial charge is 0.488 e. The van der Waals surface area contributed by atoms with Crippen molar-refractivity contribution in [1.82, 2.24) is 0 Å². The highest BCUT2D eigenvalue weighted by atomic mass is 19.4. The van der Waals surface area contributed by atoms with Crippen LogP contribution in [0.2, 0.25) is 0 Å². The molecule has 0 aliphatic heterocycles. The number of benzene rings is 6. The SMILES string of the molecule is COCOc1c(C=O)cc2ccccc2c1-c1c(OCc2cccc(NC(=O)Nc3cccc(C(F)(F)F)c3)c2)ccc2ccccc12. The normalized spacial score (nSPS) is 11.3. The molecule has 0 aromatic heterocycles. The second-order valence-corrected chi connectivity index (χ2v) is 10.9. The summed E-state index contributed by atoms with van der Waals surface area (Å²) in [5.41, 5.74) is 2.05. The van der Waals surface area contributed by atoms with Gasteiger partial charge in [-0.1, -0.05) is 72.8 Å². The van der Waals surface area contributed by atoms with Gasteiger partial charge >= 0.3 is 12.2 Å². The van der Waals surface area contributed by atoms with Gasteiger partial charge in [0.25, 0.3) is 0 Å². The van der Waals surface area contributed by atoms with E-state index >= 15 is 0 Å². The maximum atomic E-state index is 13.1. The fourth-order valence-corrected chi connectivity index (χ4v) is 5.56. The number of hydrogen-bond donors (Lipinski definition) is 2. The van der Waals surface area contributed by atoms with Crippen molar-refractivity contribution in [3.8, 4) is 22.6 Å². The molecule has 6 aromatic rings. The number of anilines is 2. The lowest BCUT2D eigenvalue weighted by Gasteiger charge is -2.21. The number of ether oxygens (including phenoxy) is 3. The average Bonchev–Trinajstić information content (AvgIpc) is 3.09. The zero-order valence-electron chi connectivity index (χ0n) is 25.6. The van der Waals surface area contributed by atoms with Gasteiger partial charge in [0.2, 0.25) is 0 Å². The van der Waals surface area contributed by atoms with Crippen LogP contribution in [-0.4, -0.2) is 26.2 Å². The van der Waals surface area contributed by atoms with Crippen molar-refractivity contribution in [2.24, 2.45) is 0 Å². The summed E-state index contributed by atoms with van der Waals surface area (Å²) < 4.78 is 57.0. The van der Waals surface area contributed by atoms with Crippen LogP contribution in [0.4, 0.5) is 29.3 Å². The molecule has 6 rings (SSSR count). The third-order valence-corrected chi connectivity index (χ3v) is 7.65. The Labute approximate surface area is 273 Å². The number of urea groups is 1. The first-order chi connectivity index (χ1) is 23.2. The molecule has 0 fully saturated rings. The standard InChI is InChI=1S/C38H29F3N2O5/c1-46-23-48-36-27(21-44)19-26-10-3-5-15-32(26)35(36)34-31-14-4-2-9-25(31)16-17-33(34)47-22-24-8-6-12-29(18-24)42-37(45)43-30-13-7-11-28(20-30)38(39,40)41/h2-21H,22-23H2,1H3,(H2,42,43,45). The Hall–Kier alpha value is -5.87. The summed E-state index contributed by atoms with van der Waals surface area (Å²) in [6.07, 6.45) is -3.77. The lowest BCUT2D eigenvalue weighted by atomic mass is 9.90. The fourth-order valence-electron chi connectivity index (χ4n) is 5.56. The molecule has 0 radical (unpaired) electrons. The maximum absolute atomic E-state index is 13.1. The highest BCUT2D eigenvalue weighted by Gasteiger charge is 2.30. The van der Waals surface area contributed by atoms with Gasteiger partial charge in [-0.3, -0.25) is 4.79 Å². The predicted octanol–water partition coefficient (Wildman–Crippen LogP) is 9.70. The van der Waals surface area contributed by atoms with Gasteiger partial charge in [-0.2, -0.15) is 13.2 Å². The molecular formula is C38H29F3N2O5. The van der Waals surface area contributed by atoms with Crippen molar-refractivity contribution >= 4 is 45.2 Å². The lowest BCUT2D eigenvalue weighted by molar-refractivity contribution is -0.137. The first-order valence-corrected chi connectivity index (χ1v) is 14.9. The topological polar surface area (TPSA) is 85.9 Å². The molecule has 0 atom stereocenters. The van der Waals surface area contributed by atoms with Crippen LogP contribution < -0.4 is 20.1 Å². The molecule has 0 aliphatic carbocycles. The minimum Gasteiger partial charge on any atom is -0.488 e. The number of halogens is 3. The van der Waals surface area contributed by atoms with Crippen molar-refractivity contribution in [2.75, 3.05) is 24.5 Å². The highest BCUT2D eigenvalue weighted by Crippen LogP contribution is 2.47. The second-order valence-electron chi connectivity index (χ2n) is 10.9. The average molecular weight is 651 g/mol. The highest BCUT2D eigenvalue weighted by molar-refractivity contribution is 6.12. The van der Waals surface area contributed by atoms with Crippen LogP contribution in [0, 0.1) is 0 Å². The van der Waals surface area contributed by atoms with Crippen LogP contribution in [0.3, 0.4) is 0 Å². The molecule has 0 heterocycles. The molecule has 6 aromatic carbocycles. The molecule has 10 heteroatoms. The van der Waals surface area contributed by atoms with E-state index in [9.17, 15) is 22.8 Å². The van der Waals surface area contributed by atoms with Crippen molar-refractivity contribution < 1.29 is 37.0 Å². The molecule has 2 N–H and O–H groups in total. The van der Waals surface area contributed by atoms with Gasteiger partial charge in [0.05, 0.1) is 11.1 Å². The molecule has 242 valence electrons. The van der Waals surface area contributed by atoms with Gasteiger partial charge in [-0.25, -0.2) is 4.79 Å². The predicted molar refractivity (Wildman–Crippen MR) is 180 cm³/mol. The van der Waals surface area contributed by atoms with Gasteiger partial charge in [0.1, 0.15) is 18.1 Å². The number of carbonyl (C=O) groups is 2. The van der Waals surface area contributed by atoms with Gasteiger partial charge in [0, 0.05) is 29.6 Å². The Morgan fingerprint density at radius 2 is 1.40 bits per heavy atom. The minimum atomic E-state index is -4.53. The van der Waals surface area contributed by atoms with Crippen LogP contribution in [-0.2, 0) is 17.5 Å². The number of fused-ring (bicyclic) bond motifs is 2. The van der Waals surface area contributed by atoms with E-state index in [0.717, 1.165) is 45.5 Å². The van der Waals surface area contributed by atoms with E-state index in [2.05, 4.69) is 10.6 Å². The zero-order chi connectivity index (χ0) is 33.7. The molecule has 0 aliphatic rings. The number of nitrogens with one attached hydrogen (secondary N) is 2. The van der Waals surface area contributed by atoms with Gasteiger partial charge in [0.15, 0.2) is 13.1 Å². The van der Waals surface area contributed by atoms with Crippen LogP contribution >= 0.6 is 0 Å². The number of hydrogen-bond acceptors (Lipinski definition) is 5.